The highest BCUT2D eigenvalue weighted by Gasteiger charge is 2.28. The van der Waals surface area contributed by atoms with Gasteiger partial charge in [-0.25, -0.2) is 4.98 Å². The molecule has 3 aromatic rings. The molecule has 1 aliphatic heterocycles. The highest BCUT2D eigenvalue weighted by atomic mass is 16.5. The number of aromatic nitrogens is 4. The molecule has 22 heavy (non-hydrogen) atoms. The number of imidazole rings is 1. The normalized spacial score (nSPS) is 21.5. The monoisotopic (exact) mass is 295 g/mol. The van der Waals surface area contributed by atoms with Crippen molar-refractivity contribution in [2.75, 3.05) is 0 Å². The van der Waals surface area contributed by atoms with Gasteiger partial charge in [0.25, 0.3) is 0 Å². The Morgan fingerprint density at radius 1 is 1.32 bits per heavy atom. The Hall–Kier alpha value is -2.47. The Balaban J connectivity index is 1.55. The molecule has 3 heterocycles. The van der Waals surface area contributed by atoms with Gasteiger partial charge in [-0.15, -0.1) is 0 Å². The number of H-pyrrole nitrogens is 1. The van der Waals surface area contributed by atoms with Crippen LogP contribution < -0.4 is 5.56 Å². The summed E-state index contributed by atoms with van der Waals surface area (Å²) in [5.74, 6) is 0. The molecule has 1 aliphatic rings. The molecule has 1 aromatic carbocycles. The average molecular weight is 295 g/mol. The molecule has 1 fully saturated rings. The van der Waals surface area contributed by atoms with Crippen LogP contribution in [0, 0.1) is 6.07 Å². The summed E-state index contributed by atoms with van der Waals surface area (Å²) in [6, 6.07) is 11.0. The van der Waals surface area contributed by atoms with E-state index in [1.807, 2.05) is 16.7 Å². The molecule has 0 unspecified atom stereocenters. The number of hydrogen-bond donors (Lipinski definition) is 1. The van der Waals surface area contributed by atoms with Crippen LogP contribution in [0.4, 0.5) is 0 Å². The second kappa shape index (κ2) is 5.38. The van der Waals surface area contributed by atoms with Gasteiger partial charge in [0.2, 0.25) is 0 Å². The summed E-state index contributed by atoms with van der Waals surface area (Å²) in [6.07, 6.45) is 5.90. The molecule has 4 rings (SSSR count). The molecular formula is C16H15N4O2. The lowest BCUT2D eigenvalue weighted by molar-refractivity contribution is 0.00473. The minimum Gasteiger partial charge on any atom is -0.354 e. The first-order valence-electron chi connectivity index (χ1n) is 7.32. The van der Waals surface area contributed by atoms with Gasteiger partial charge in [0, 0.05) is 0 Å². The highest BCUT2D eigenvalue weighted by Crippen LogP contribution is 2.31. The Bertz CT molecular complexity index is 840. The maximum absolute atomic E-state index is 11.7. The first-order chi connectivity index (χ1) is 10.8. The van der Waals surface area contributed by atoms with E-state index in [1.54, 1.807) is 6.33 Å². The molecule has 0 bridgehead atoms. The van der Waals surface area contributed by atoms with Gasteiger partial charge < -0.3 is 9.72 Å². The van der Waals surface area contributed by atoms with E-state index in [0.717, 1.165) is 19.3 Å². The summed E-state index contributed by atoms with van der Waals surface area (Å²) in [5, 5.41) is 0. The van der Waals surface area contributed by atoms with Gasteiger partial charge in [0.15, 0.2) is 5.52 Å². The van der Waals surface area contributed by atoms with Gasteiger partial charge in [-0.3, -0.25) is 9.36 Å². The van der Waals surface area contributed by atoms with Gasteiger partial charge in [-0.2, -0.15) is 4.98 Å². The third kappa shape index (κ3) is 2.31. The molecule has 1 radical (unpaired) electrons. The minimum absolute atomic E-state index is 0.0941. The van der Waals surface area contributed by atoms with Gasteiger partial charge in [-0.1, -0.05) is 24.3 Å². The van der Waals surface area contributed by atoms with Crippen molar-refractivity contribution < 1.29 is 4.74 Å². The van der Waals surface area contributed by atoms with E-state index < -0.39 is 0 Å². The lowest BCUT2D eigenvalue weighted by Gasteiger charge is -2.15. The number of hydrogen-bond acceptors (Lipinski definition) is 4. The second-order valence-electron chi connectivity index (χ2n) is 5.46. The number of aromatic amines is 1. The zero-order chi connectivity index (χ0) is 14.9. The summed E-state index contributed by atoms with van der Waals surface area (Å²) in [4.78, 5) is 22.5. The number of rotatable bonds is 3. The van der Waals surface area contributed by atoms with Crippen molar-refractivity contribution in [2.45, 2.75) is 31.6 Å². The molecule has 0 saturated carbocycles. The highest BCUT2D eigenvalue weighted by molar-refractivity contribution is 5.68. The fourth-order valence-corrected chi connectivity index (χ4v) is 2.95. The number of benzene rings is 1. The van der Waals surface area contributed by atoms with Crippen LogP contribution in [0.5, 0.6) is 0 Å². The van der Waals surface area contributed by atoms with E-state index in [1.165, 1.54) is 11.9 Å². The Labute approximate surface area is 126 Å². The third-order valence-corrected chi connectivity index (χ3v) is 4.03. The van der Waals surface area contributed by atoms with Crippen LogP contribution in [-0.2, 0) is 11.2 Å². The predicted molar refractivity (Wildman–Crippen MR) is 80.3 cm³/mol. The Kier molecular flexibility index (Phi) is 3.23. The standard InChI is InChI=1S/C16H15N4O2/c21-16-14-15(17-9-18-16)20(10-19-14)13-7-6-12(22-13)8-11-4-2-1-3-5-11/h2-5,9-10,12-13H,6-8H2,(H,17,18,21)/t12-,13+/m0/s1. The molecule has 0 amide bonds. The van der Waals surface area contributed by atoms with Gasteiger partial charge >= 0.3 is 5.56 Å². The number of nitrogens with zero attached hydrogens (tertiary/aromatic N) is 3. The predicted octanol–water partition coefficient (Wildman–Crippen LogP) is 1.84. The zero-order valence-electron chi connectivity index (χ0n) is 11.9. The molecule has 0 spiro atoms. The maximum Gasteiger partial charge on any atom is 0.300 e. The number of nitrogens with one attached hydrogen (secondary N) is 1. The minimum atomic E-state index is -0.317. The summed E-state index contributed by atoms with van der Waals surface area (Å²) in [7, 11) is 0. The van der Waals surface area contributed by atoms with E-state index in [0.29, 0.717) is 11.2 Å². The van der Waals surface area contributed by atoms with Gasteiger partial charge in [-0.05, 0) is 30.9 Å². The van der Waals surface area contributed by atoms with Crippen LogP contribution in [0.3, 0.4) is 0 Å². The summed E-state index contributed by atoms with van der Waals surface area (Å²) < 4.78 is 8.01. The van der Waals surface area contributed by atoms with Crippen molar-refractivity contribution >= 4 is 11.2 Å². The molecule has 6 nitrogen and oxygen atoms in total. The molecular weight excluding hydrogens is 280 g/mol. The van der Waals surface area contributed by atoms with Crippen molar-refractivity contribution in [2.24, 2.45) is 0 Å². The molecule has 111 valence electrons. The number of ether oxygens (including phenoxy) is 1. The van der Waals surface area contributed by atoms with E-state index in [-0.39, 0.29) is 17.9 Å². The first-order valence-corrected chi connectivity index (χ1v) is 7.32. The molecule has 2 atom stereocenters. The van der Waals surface area contributed by atoms with E-state index in [4.69, 9.17) is 4.74 Å². The van der Waals surface area contributed by atoms with Crippen molar-refractivity contribution in [3.05, 3.63) is 58.9 Å². The van der Waals surface area contributed by atoms with Crippen LogP contribution in [0.15, 0.2) is 41.7 Å². The quantitative estimate of drug-likeness (QED) is 0.800. The van der Waals surface area contributed by atoms with E-state index in [2.05, 4.69) is 33.2 Å². The van der Waals surface area contributed by atoms with Gasteiger partial charge in [0.05, 0.1) is 18.8 Å². The second-order valence-corrected chi connectivity index (χ2v) is 5.46. The topological polar surface area (TPSA) is 72.8 Å². The van der Waals surface area contributed by atoms with Crippen molar-refractivity contribution in [1.82, 2.24) is 19.5 Å². The lowest BCUT2D eigenvalue weighted by atomic mass is 10.1. The SMILES string of the molecule is O=c1nc[nH]c2c1ncn2[C@H]1CC[C@@H](Cc2cc[c]cc2)O1. The summed E-state index contributed by atoms with van der Waals surface area (Å²) in [6.45, 7) is 0. The summed E-state index contributed by atoms with van der Waals surface area (Å²) in [5.41, 5.74) is 1.95. The van der Waals surface area contributed by atoms with E-state index in [9.17, 15) is 4.79 Å². The molecule has 2 aromatic heterocycles. The van der Waals surface area contributed by atoms with Crippen molar-refractivity contribution in [3.8, 4) is 0 Å². The molecule has 1 N–H and O–H groups in total. The Morgan fingerprint density at radius 2 is 2.18 bits per heavy atom. The fourth-order valence-electron chi connectivity index (χ4n) is 2.95. The summed E-state index contributed by atoms with van der Waals surface area (Å²) >= 11 is 0. The van der Waals surface area contributed by atoms with Crippen LogP contribution in [0.2, 0.25) is 0 Å². The number of fused-ring (bicyclic) bond motifs is 1. The Morgan fingerprint density at radius 3 is 3.05 bits per heavy atom. The van der Waals surface area contributed by atoms with Crippen LogP contribution >= 0.6 is 0 Å². The fraction of sp³-hybridized carbons (Fsp3) is 0.312. The zero-order valence-corrected chi connectivity index (χ0v) is 11.9. The maximum atomic E-state index is 11.7. The molecule has 6 heteroatoms. The van der Waals surface area contributed by atoms with Crippen LogP contribution in [-0.4, -0.2) is 25.6 Å². The molecule has 1 saturated heterocycles. The van der Waals surface area contributed by atoms with Crippen molar-refractivity contribution in [3.63, 3.8) is 0 Å². The van der Waals surface area contributed by atoms with Crippen LogP contribution in [0.25, 0.3) is 11.2 Å². The lowest BCUT2D eigenvalue weighted by Crippen LogP contribution is -2.14. The van der Waals surface area contributed by atoms with E-state index >= 15 is 0 Å². The average Bonchev–Trinajstić information content (AvgIpc) is 3.15. The largest absolute Gasteiger partial charge is 0.354 e. The molecule has 0 aliphatic carbocycles. The third-order valence-electron chi connectivity index (χ3n) is 4.03. The van der Waals surface area contributed by atoms with Gasteiger partial charge in [0.1, 0.15) is 11.9 Å². The van der Waals surface area contributed by atoms with Crippen molar-refractivity contribution in [1.29, 1.82) is 0 Å². The smallest absolute Gasteiger partial charge is 0.300 e. The first kappa shape index (κ1) is 13.2. The van der Waals surface area contributed by atoms with Crippen LogP contribution in [0.1, 0.15) is 24.6 Å².